The van der Waals surface area contributed by atoms with Gasteiger partial charge in [-0.3, -0.25) is 4.18 Å². The maximum atomic E-state index is 14.4. The largest absolute Gasteiger partial charge is 0.491 e. The van der Waals surface area contributed by atoms with E-state index in [-0.39, 0.29) is 38.1 Å². The average molecular weight is 673 g/mol. The first-order chi connectivity index (χ1) is 20.3. The van der Waals surface area contributed by atoms with Crippen LogP contribution in [-0.2, 0) is 30.5 Å². The predicted molar refractivity (Wildman–Crippen MR) is 151 cm³/mol. The molecule has 0 N–H and O–H groups in total. The lowest BCUT2D eigenvalue weighted by molar-refractivity contribution is -0.139. The molecule has 4 rings (SSSR count). The van der Waals surface area contributed by atoms with Gasteiger partial charge in [0.15, 0.2) is 0 Å². The summed E-state index contributed by atoms with van der Waals surface area (Å²) in [4.78, 5) is 0.590. The number of ether oxygens (including phenoxy) is 1. The molecule has 246 valence electrons. The van der Waals surface area contributed by atoms with Crippen LogP contribution in [-0.4, -0.2) is 64.7 Å². The molecule has 1 aliphatic heterocycles. The van der Waals surface area contributed by atoms with Gasteiger partial charge in [0.2, 0.25) is 15.9 Å². The first-order valence-corrected chi connectivity index (χ1v) is 16.8. The number of alkyl halides is 5. The summed E-state index contributed by atoms with van der Waals surface area (Å²) < 4.78 is 148. The molecule has 1 unspecified atom stereocenters. The van der Waals surface area contributed by atoms with E-state index in [1.807, 2.05) is 6.92 Å². The number of nitrogens with zero attached hydrogens (tertiary/aromatic N) is 2. The van der Waals surface area contributed by atoms with E-state index >= 15 is 0 Å². The number of fused-ring (bicyclic) bond motifs is 1. The van der Waals surface area contributed by atoms with Gasteiger partial charge in [-0.15, -0.1) is 0 Å². The topological polar surface area (TPSA) is 93.2 Å². The van der Waals surface area contributed by atoms with E-state index in [9.17, 15) is 43.2 Å². The summed E-state index contributed by atoms with van der Waals surface area (Å²) in [6.45, 7) is 1.37. The minimum Gasteiger partial charge on any atom is -0.491 e. The van der Waals surface area contributed by atoms with Gasteiger partial charge in [-0.2, -0.15) is 25.9 Å². The van der Waals surface area contributed by atoms with E-state index in [2.05, 4.69) is 0 Å². The summed E-state index contributed by atoms with van der Waals surface area (Å²) in [7, 11) is -7.67. The third kappa shape index (κ3) is 7.29. The lowest BCUT2D eigenvalue weighted by Crippen LogP contribution is -2.41. The third-order valence-corrected chi connectivity index (χ3v) is 11.8. The van der Waals surface area contributed by atoms with Gasteiger partial charge < -0.3 is 9.64 Å². The van der Waals surface area contributed by atoms with Crippen LogP contribution in [0.3, 0.4) is 0 Å². The van der Waals surface area contributed by atoms with Crippen LogP contribution in [0, 0.1) is 5.82 Å². The first kappa shape index (κ1) is 34.3. The van der Waals surface area contributed by atoms with Gasteiger partial charge in [-0.25, -0.2) is 21.6 Å². The molecule has 0 aromatic heterocycles. The summed E-state index contributed by atoms with van der Waals surface area (Å²) >= 11 is 0. The molecule has 8 nitrogen and oxygen atoms in total. The van der Waals surface area contributed by atoms with Crippen molar-refractivity contribution in [3.05, 3.63) is 47.8 Å². The fraction of sp³-hybridized carbons (Fsp3) is 0.571. The Morgan fingerprint density at radius 3 is 2.25 bits per heavy atom. The van der Waals surface area contributed by atoms with Gasteiger partial charge in [-0.1, -0.05) is 13.3 Å². The lowest BCUT2D eigenvalue weighted by atomic mass is 10.1. The predicted octanol–water partition coefficient (Wildman–Crippen LogP) is 6.48. The van der Waals surface area contributed by atoms with Crippen molar-refractivity contribution in [3.8, 4) is 5.75 Å². The van der Waals surface area contributed by atoms with Crippen LogP contribution in [0.4, 0.5) is 37.7 Å². The Bertz CT molecular complexity index is 1560. The van der Waals surface area contributed by atoms with Gasteiger partial charge in [-0.05, 0) is 62.9 Å². The lowest BCUT2D eigenvalue weighted by Gasteiger charge is -2.30. The zero-order valence-corrected chi connectivity index (χ0v) is 26.0. The molecule has 2 aliphatic rings. The van der Waals surface area contributed by atoms with Crippen LogP contribution in [0.15, 0.2) is 41.3 Å². The molecule has 44 heavy (non-hydrogen) atoms. The van der Waals surface area contributed by atoms with Crippen LogP contribution in [0.25, 0.3) is 0 Å². The highest BCUT2D eigenvalue weighted by molar-refractivity contribution is 7.89. The zero-order valence-electron chi connectivity index (χ0n) is 24.3. The number of halogens is 6. The molecule has 2 aromatic carbocycles. The Balaban J connectivity index is 1.82. The molecule has 0 bridgehead atoms. The number of rotatable bonds is 12. The van der Waals surface area contributed by atoms with Gasteiger partial charge in [0.25, 0.3) is 10.1 Å². The van der Waals surface area contributed by atoms with Crippen molar-refractivity contribution >= 4 is 31.5 Å². The summed E-state index contributed by atoms with van der Waals surface area (Å²) in [6.07, 6.45) is -4.84. The molecular formula is C28H34F6N2O6S2. The van der Waals surface area contributed by atoms with Gasteiger partial charge >= 0.3 is 6.18 Å². The maximum absolute atomic E-state index is 14.4. The van der Waals surface area contributed by atoms with Crippen molar-refractivity contribution in [2.75, 3.05) is 31.7 Å². The molecular weight excluding hydrogens is 638 g/mol. The SMILES string of the molecule is CCCCOS(=O)(=O)C1(COc2cc3c(cc2C(F)(F)F)N(c2ccc(F)cc2)CC(CCC(C)(F)F)N(C)S3(=O)=O)CC1. The quantitative estimate of drug-likeness (QED) is 0.145. The van der Waals surface area contributed by atoms with Crippen LogP contribution in [0.1, 0.15) is 57.9 Å². The highest BCUT2D eigenvalue weighted by atomic mass is 32.2. The second kappa shape index (κ2) is 12.3. The van der Waals surface area contributed by atoms with E-state index < -0.39 is 83.8 Å². The standard InChI is InChI=1S/C28H34F6N2O6S2/c1-4-5-14-42-44(39,40)27(12-13-27)18-41-24-16-25-23(15-22(24)28(32,33)34)36(20-8-6-19(29)7-9-20)17-21(10-11-26(2,30)31)35(3)43(25,37)38/h6-9,15-16,21H,4-5,10-14,17-18H2,1-3H3. The van der Waals surface area contributed by atoms with E-state index in [0.29, 0.717) is 31.9 Å². The fourth-order valence-corrected chi connectivity index (χ4v) is 7.85. The number of unbranched alkanes of at least 4 members (excludes halogenated alkanes) is 1. The first-order valence-electron chi connectivity index (χ1n) is 14.0. The smallest absolute Gasteiger partial charge is 0.420 e. The molecule has 1 atom stereocenters. The number of hydrogen-bond donors (Lipinski definition) is 0. The minimum absolute atomic E-state index is 0.0802. The highest BCUT2D eigenvalue weighted by Gasteiger charge is 2.57. The van der Waals surface area contributed by atoms with Crippen molar-refractivity contribution in [3.63, 3.8) is 0 Å². The van der Waals surface area contributed by atoms with E-state index in [4.69, 9.17) is 8.92 Å². The Hall–Kier alpha value is -2.56. The Morgan fingerprint density at radius 1 is 1.07 bits per heavy atom. The van der Waals surface area contributed by atoms with Crippen molar-refractivity contribution in [2.24, 2.45) is 0 Å². The number of benzene rings is 2. The van der Waals surface area contributed by atoms with Gasteiger partial charge in [0, 0.05) is 37.8 Å². The van der Waals surface area contributed by atoms with Gasteiger partial charge in [0.1, 0.15) is 27.8 Å². The maximum Gasteiger partial charge on any atom is 0.420 e. The van der Waals surface area contributed by atoms with E-state index in [1.165, 1.54) is 17.0 Å². The molecule has 0 radical (unpaired) electrons. The van der Waals surface area contributed by atoms with E-state index in [1.54, 1.807) is 0 Å². The van der Waals surface area contributed by atoms with Crippen LogP contribution < -0.4 is 9.64 Å². The summed E-state index contributed by atoms with van der Waals surface area (Å²) in [5.41, 5.74) is -1.68. The summed E-state index contributed by atoms with van der Waals surface area (Å²) in [5, 5.41) is 0. The van der Waals surface area contributed by atoms with Crippen LogP contribution in [0.2, 0.25) is 0 Å². The van der Waals surface area contributed by atoms with Gasteiger partial charge in [0.05, 0.1) is 17.9 Å². The highest BCUT2D eigenvalue weighted by Crippen LogP contribution is 2.48. The molecule has 1 fully saturated rings. The molecule has 1 aliphatic carbocycles. The monoisotopic (exact) mass is 672 g/mol. The third-order valence-electron chi connectivity index (χ3n) is 7.84. The molecule has 0 amide bonds. The Labute approximate surface area is 253 Å². The number of anilines is 2. The number of sulfonamides is 1. The molecule has 2 aromatic rings. The van der Waals surface area contributed by atoms with Crippen LogP contribution in [0.5, 0.6) is 5.75 Å². The molecule has 0 saturated heterocycles. The fourth-order valence-electron chi connectivity index (χ4n) is 4.90. The Morgan fingerprint density at radius 2 is 1.70 bits per heavy atom. The second-order valence-corrected chi connectivity index (χ2v) is 15.3. The summed E-state index contributed by atoms with van der Waals surface area (Å²) in [6, 6.07) is 4.68. The van der Waals surface area contributed by atoms with Crippen molar-refractivity contribution in [1.29, 1.82) is 0 Å². The molecule has 1 saturated carbocycles. The van der Waals surface area contributed by atoms with Crippen molar-refractivity contribution in [2.45, 2.75) is 80.2 Å². The Kier molecular flexibility index (Phi) is 9.61. The summed E-state index contributed by atoms with van der Waals surface area (Å²) in [5.74, 6) is -4.71. The average Bonchev–Trinajstić information content (AvgIpc) is 3.73. The zero-order chi connectivity index (χ0) is 32.7. The normalized spacial score (nSPS) is 20.2. The number of hydrogen-bond acceptors (Lipinski definition) is 7. The number of likely N-dealkylation sites (N-methyl/N-ethyl adjacent to an activating group) is 1. The molecule has 16 heteroatoms. The van der Waals surface area contributed by atoms with Crippen molar-refractivity contribution in [1.82, 2.24) is 4.31 Å². The molecule has 0 spiro atoms. The second-order valence-electron chi connectivity index (χ2n) is 11.3. The molecule has 1 heterocycles. The minimum atomic E-state index is -5.07. The van der Waals surface area contributed by atoms with Crippen LogP contribution >= 0.6 is 0 Å². The van der Waals surface area contributed by atoms with E-state index in [0.717, 1.165) is 23.5 Å². The van der Waals surface area contributed by atoms with Crippen molar-refractivity contribution < 1.29 is 52.1 Å².